The standard InChI is InChI=1S/C28H20FN3O4/c1-2-36-24(33)23-27-21-17-7-3-5-9-19(17)22(20-10-6-4-8-18(20)21)28(27,31-30-23)26(35)32(25(27)34)16-13-11-15(29)12-14-16/h3-14,21-22,31H,2H2,1H3. The molecule has 1 saturated heterocycles. The molecule has 3 aromatic carbocycles. The minimum absolute atomic E-state index is 0.0893. The lowest BCUT2D eigenvalue weighted by atomic mass is 9.43. The number of rotatable bonds is 3. The monoisotopic (exact) mass is 481 g/mol. The Morgan fingerprint density at radius 2 is 1.47 bits per heavy atom. The number of carbonyl (C=O) groups is 3. The molecule has 2 bridgehead atoms. The zero-order valence-electron chi connectivity index (χ0n) is 19.2. The maximum absolute atomic E-state index is 14.6. The van der Waals surface area contributed by atoms with Gasteiger partial charge in [0, 0.05) is 11.8 Å². The smallest absolute Gasteiger partial charge is 0.355 e. The van der Waals surface area contributed by atoms with Crippen molar-refractivity contribution < 1.29 is 23.5 Å². The van der Waals surface area contributed by atoms with Gasteiger partial charge in [0.05, 0.1) is 12.3 Å². The lowest BCUT2D eigenvalue weighted by Gasteiger charge is -2.55. The molecule has 0 spiro atoms. The van der Waals surface area contributed by atoms with Crippen molar-refractivity contribution >= 4 is 29.2 Å². The molecule has 2 atom stereocenters. The SMILES string of the molecule is CCOC(=O)C1=NNC23C(=O)N(c4ccc(F)cc4)C(=O)C12C1c2ccccc2C3c2ccccc21. The summed E-state index contributed by atoms with van der Waals surface area (Å²) < 4.78 is 19.1. The molecule has 5 aliphatic rings. The van der Waals surface area contributed by atoms with E-state index in [0.717, 1.165) is 27.2 Å². The highest BCUT2D eigenvalue weighted by Crippen LogP contribution is 2.70. The summed E-state index contributed by atoms with van der Waals surface area (Å²) in [6.45, 7) is 1.77. The molecule has 2 unspecified atom stereocenters. The number of esters is 1. The Kier molecular flexibility index (Phi) is 4.01. The minimum Gasteiger partial charge on any atom is -0.461 e. The summed E-state index contributed by atoms with van der Waals surface area (Å²) in [6.07, 6.45) is 0. The lowest BCUT2D eigenvalue weighted by molar-refractivity contribution is -0.137. The van der Waals surface area contributed by atoms with E-state index < -0.39 is 46.4 Å². The molecule has 0 aromatic heterocycles. The molecule has 1 N–H and O–H groups in total. The van der Waals surface area contributed by atoms with Crippen molar-refractivity contribution in [2.45, 2.75) is 24.3 Å². The van der Waals surface area contributed by atoms with Crippen LogP contribution in [-0.2, 0) is 19.1 Å². The third-order valence-corrected chi connectivity index (χ3v) is 8.08. The molecular weight excluding hydrogens is 461 g/mol. The summed E-state index contributed by atoms with van der Waals surface area (Å²) in [4.78, 5) is 43.6. The molecule has 36 heavy (non-hydrogen) atoms. The Morgan fingerprint density at radius 3 is 2.03 bits per heavy atom. The summed E-state index contributed by atoms with van der Waals surface area (Å²) in [5, 5.41) is 4.38. The maximum Gasteiger partial charge on any atom is 0.355 e. The van der Waals surface area contributed by atoms with Gasteiger partial charge in [-0.15, -0.1) is 0 Å². The van der Waals surface area contributed by atoms with Gasteiger partial charge in [-0.05, 0) is 53.4 Å². The minimum atomic E-state index is -1.67. The van der Waals surface area contributed by atoms with E-state index in [0.29, 0.717) is 0 Å². The number of halogens is 1. The number of carbonyl (C=O) groups excluding carboxylic acids is 3. The molecule has 1 fully saturated rings. The second kappa shape index (κ2) is 6.87. The molecule has 178 valence electrons. The number of nitrogens with zero attached hydrogens (tertiary/aromatic N) is 2. The summed E-state index contributed by atoms with van der Waals surface area (Å²) in [7, 11) is 0. The molecule has 3 aromatic rings. The predicted molar refractivity (Wildman–Crippen MR) is 128 cm³/mol. The molecule has 0 radical (unpaired) electrons. The second-order valence-electron chi connectivity index (χ2n) is 9.45. The maximum atomic E-state index is 14.6. The number of benzene rings is 3. The van der Waals surface area contributed by atoms with E-state index in [1.54, 1.807) is 6.92 Å². The third kappa shape index (κ3) is 2.10. The Bertz CT molecular complexity index is 1490. The van der Waals surface area contributed by atoms with Crippen LogP contribution in [-0.4, -0.2) is 35.6 Å². The zero-order chi connectivity index (χ0) is 24.8. The Labute approximate surface area is 205 Å². The van der Waals surface area contributed by atoms with Crippen LogP contribution >= 0.6 is 0 Å². The molecule has 0 saturated carbocycles. The molecule has 8 heteroatoms. The number of hydrogen-bond donors (Lipinski definition) is 1. The van der Waals surface area contributed by atoms with Gasteiger partial charge in [0.25, 0.3) is 11.8 Å². The topological polar surface area (TPSA) is 88.1 Å². The Balaban J connectivity index is 1.59. The van der Waals surface area contributed by atoms with Gasteiger partial charge in [0.2, 0.25) is 0 Å². The summed E-state index contributed by atoms with van der Waals surface area (Å²) >= 11 is 0. The number of ether oxygens (including phenoxy) is 1. The molecule has 2 aliphatic heterocycles. The number of hydrogen-bond acceptors (Lipinski definition) is 6. The van der Waals surface area contributed by atoms with Crippen molar-refractivity contribution in [3.8, 4) is 0 Å². The van der Waals surface area contributed by atoms with Crippen LogP contribution in [0.2, 0.25) is 0 Å². The van der Waals surface area contributed by atoms with E-state index in [1.165, 1.54) is 24.3 Å². The van der Waals surface area contributed by atoms with Crippen molar-refractivity contribution in [1.29, 1.82) is 0 Å². The predicted octanol–water partition coefficient (Wildman–Crippen LogP) is 3.24. The fourth-order valence-corrected chi connectivity index (χ4v) is 6.91. The van der Waals surface area contributed by atoms with Gasteiger partial charge >= 0.3 is 5.97 Å². The molecule has 3 aliphatic carbocycles. The van der Waals surface area contributed by atoms with Gasteiger partial charge in [0.15, 0.2) is 11.3 Å². The van der Waals surface area contributed by atoms with Gasteiger partial charge in [-0.25, -0.2) is 14.1 Å². The average molecular weight is 481 g/mol. The van der Waals surface area contributed by atoms with E-state index in [4.69, 9.17) is 4.74 Å². The third-order valence-electron chi connectivity index (χ3n) is 8.08. The van der Waals surface area contributed by atoms with E-state index >= 15 is 0 Å². The van der Waals surface area contributed by atoms with E-state index in [9.17, 15) is 18.8 Å². The number of imide groups is 1. The number of nitrogens with one attached hydrogen (secondary N) is 1. The van der Waals surface area contributed by atoms with Crippen molar-refractivity contribution in [1.82, 2.24) is 5.43 Å². The van der Waals surface area contributed by atoms with Crippen molar-refractivity contribution in [2.75, 3.05) is 11.5 Å². The van der Waals surface area contributed by atoms with Crippen LogP contribution in [0.3, 0.4) is 0 Å². The highest BCUT2D eigenvalue weighted by atomic mass is 19.1. The van der Waals surface area contributed by atoms with Gasteiger partial charge < -0.3 is 4.74 Å². The van der Waals surface area contributed by atoms with Crippen LogP contribution in [0, 0.1) is 11.2 Å². The zero-order valence-corrected chi connectivity index (χ0v) is 19.2. The number of amides is 2. The van der Waals surface area contributed by atoms with Gasteiger partial charge in [0.1, 0.15) is 11.2 Å². The number of hydrazone groups is 1. The first-order chi connectivity index (χ1) is 17.5. The quantitative estimate of drug-likeness (QED) is 0.459. The normalized spacial score (nSPS) is 28.6. The summed E-state index contributed by atoms with van der Waals surface area (Å²) in [5.41, 5.74) is 3.47. The fourth-order valence-electron chi connectivity index (χ4n) is 6.91. The Morgan fingerprint density at radius 1 is 0.917 bits per heavy atom. The van der Waals surface area contributed by atoms with Crippen LogP contribution < -0.4 is 10.3 Å². The lowest BCUT2D eigenvalue weighted by Crippen LogP contribution is -2.69. The van der Waals surface area contributed by atoms with E-state index in [2.05, 4.69) is 10.5 Å². The van der Waals surface area contributed by atoms with Crippen molar-refractivity contribution in [3.05, 3.63) is 101 Å². The second-order valence-corrected chi connectivity index (χ2v) is 9.45. The van der Waals surface area contributed by atoms with Crippen LogP contribution in [0.4, 0.5) is 10.1 Å². The first-order valence-corrected chi connectivity index (χ1v) is 11.8. The fraction of sp³-hybridized carbons (Fsp3) is 0.214. The van der Waals surface area contributed by atoms with Crippen molar-refractivity contribution in [3.63, 3.8) is 0 Å². The van der Waals surface area contributed by atoms with Gasteiger partial charge in [-0.2, -0.15) is 5.10 Å². The highest BCUT2D eigenvalue weighted by Gasteiger charge is 2.85. The van der Waals surface area contributed by atoms with E-state index in [1.807, 2.05) is 48.5 Å². The largest absolute Gasteiger partial charge is 0.461 e. The summed E-state index contributed by atoms with van der Waals surface area (Å²) in [6, 6.07) is 20.6. The highest BCUT2D eigenvalue weighted by molar-refractivity contribution is 6.50. The van der Waals surface area contributed by atoms with E-state index in [-0.39, 0.29) is 18.0 Å². The molecule has 7 nitrogen and oxygen atoms in total. The van der Waals surface area contributed by atoms with Gasteiger partial charge in [-0.1, -0.05) is 48.5 Å². The average Bonchev–Trinajstić information content (AvgIpc) is 3.36. The number of anilines is 1. The van der Waals surface area contributed by atoms with Crippen LogP contribution in [0.25, 0.3) is 0 Å². The molecule has 2 amide bonds. The first kappa shape index (κ1) is 21.0. The molecule has 2 heterocycles. The first-order valence-electron chi connectivity index (χ1n) is 11.8. The molecule has 8 rings (SSSR count). The molecular formula is C28H20FN3O4. The van der Waals surface area contributed by atoms with Crippen LogP contribution in [0.1, 0.15) is 41.0 Å². The van der Waals surface area contributed by atoms with Crippen molar-refractivity contribution in [2.24, 2.45) is 10.5 Å². The summed E-state index contributed by atoms with van der Waals surface area (Å²) in [5.74, 6) is -3.58. The Hall–Kier alpha value is -4.33. The van der Waals surface area contributed by atoms with Gasteiger partial charge in [-0.3, -0.25) is 15.0 Å². The van der Waals surface area contributed by atoms with Crippen LogP contribution in [0.5, 0.6) is 0 Å². The van der Waals surface area contributed by atoms with Crippen LogP contribution in [0.15, 0.2) is 77.9 Å².